The Balaban J connectivity index is 1.46. The number of carbonyl (C=O) groups excluding carboxylic acids is 1. The molecule has 1 amide bonds. The van der Waals surface area contributed by atoms with Crippen molar-refractivity contribution in [3.8, 4) is 0 Å². The smallest absolute Gasteiger partial charge is 0.234 e. The molecule has 2 heterocycles. The fourth-order valence-corrected chi connectivity index (χ4v) is 3.87. The second-order valence-electron chi connectivity index (χ2n) is 7.87. The molecule has 1 aromatic carbocycles. The Bertz CT molecular complexity index is 789. The van der Waals surface area contributed by atoms with E-state index in [0.717, 1.165) is 42.8 Å². The lowest BCUT2D eigenvalue weighted by atomic mass is 9.92. The van der Waals surface area contributed by atoms with E-state index in [1.807, 2.05) is 19.2 Å². The topological polar surface area (TPSA) is 54.5 Å². The molecule has 156 valence electrons. The molecule has 1 atom stereocenters. The van der Waals surface area contributed by atoms with Gasteiger partial charge in [-0.05, 0) is 68.6 Å². The van der Waals surface area contributed by atoms with Crippen molar-refractivity contribution in [1.82, 2.24) is 15.2 Å². The van der Waals surface area contributed by atoms with Crippen LogP contribution in [0.2, 0.25) is 0 Å². The Kier molecular flexibility index (Phi) is 7.72. The maximum Gasteiger partial charge on any atom is 0.234 e. The molecule has 1 unspecified atom stereocenters. The number of hydrogen-bond donors (Lipinski definition) is 1. The number of halogens is 1. The first kappa shape index (κ1) is 21.4. The highest BCUT2D eigenvalue weighted by Gasteiger charge is 2.23. The van der Waals surface area contributed by atoms with E-state index in [4.69, 9.17) is 4.74 Å². The SMILES string of the molecule is COCC(C)NC(=O)CN1CCC(c2ccc(Cc3cccc(F)c3)cn2)CC1. The number of rotatable bonds is 8. The fourth-order valence-electron chi connectivity index (χ4n) is 3.87. The number of methoxy groups -OCH3 is 1. The van der Waals surface area contributed by atoms with Crippen LogP contribution in [0.25, 0.3) is 0 Å². The van der Waals surface area contributed by atoms with Gasteiger partial charge in [-0.15, -0.1) is 0 Å². The standard InChI is InChI=1S/C23H30FN3O2/c1-17(16-29-2)26-23(28)15-27-10-8-20(9-11-27)22-7-6-19(14-25-22)12-18-4-3-5-21(24)13-18/h3-7,13-14,17,20H,8-12,15-16H2,1-2H3,(H,26,28). The summed E-state index contributed by atoms with van der Waals surface area (Å²) in [4.78, 5) is 19.0. The molecule has 1 fully saturated rings. The minimum atomic E-state index is -0.208. The number of likely N-dealkylation sites (tertiary alicyclic amines) is 1. The molecule has 1 aromatic heterocycles. The van der Waals surface area contributed by atoms with Gasteiger partial charge in [0.15, 0.2) is 0 Å². The van der Waals surface area contributed by atoms with Gasteiger partial charge in [0, 0.05) is 31.0 Å². The van der Waals surface area contributed by atoms with Gasteiger partial charge in [0.25, 0.3) is 0 Å². The average molecular weight is 400 g/mol. The molecule has 1 saturated heterocycles. The summed E-state index contributed by atoms with van der Waals surface area (Å²) < 4.78 is 18.4. The number of hydrogen-bond acceptors (Lipinski definition) is 4. The largest absolute Gasteiger partial charge is 0.383 e. The highest BCUT2D eigenvalue weighted by atomic mass is 19.1. The lowest BCUT2D eigenvalue weighted by molar-refractivity contribution is -0.123. The number of pyridine rings is 1. The summed E-state index contributed by atoms with van der Waals surface area (Å²) >= 11 is 0. The molecule has 3 rings (SSSR count). The van der Waals surface area contributed by atoms with Crippen LogP contribution in [0.5, 0.6) is 0 Å². The van der Waals surface area contributed by atoms with E-state index in [2.05, 4.69) is 27.3 Å². The van der Waals surface area contributed by atoms with Gasteiger partial charge in [-0.1, -0.05) is 18.2 Å². The molecule has 0 radical (unpaired) electrons. The number of nitrogens with zero attached hydrogens (tertiary/aromatic N) is 2. The predicted octanol–water partition coefficient (Wildman–Crippen LogP) is 3.14. The average Bonchev–Trinajstić information content (AvgIpc) is 2.69. The molecule has 6 heteroatoms. The maximum atomic E-state index is 13.3. The first-order valence-electron chi connectivity index (χ1n) is 10.2. The van der Waals surface area contributed by atoms with E-state index < -0.39 is 0 Å². The van der Waals surface area contributed by atoms with Crippen LogP contribution in [-0.2, 0) is 16.0 Å². The number of ether oxygens (including phenoxy) is 1. The van der Waals surface area contributed by atoms with Crippen molar-refractivity contribution in [1.29, 1.82) is 0 Å². The van der Waals surface area contributed by atoms with Crippen molar-refractivity contribution < 1.29 is 13.9 Å². The van der Waals surface area contributed by atoms with Gasteiger partial charge in [-0.25, -0.2) is 4.39 Å². The third-order valence-corrected chi connectivity index (χ3v) is 5.34. The Labute approximate surface area is 172 Å². The second-order valence-corrected chi connectivity index (χ2v) is 7.87. The van der Waals surface area contributed by atoms with Crippen LogP contribution in [0.15, 0.2) is 42.6 Å². The molecular formula is C23H30FN3O2. The summed E-state index contributed by atoms with van der Waals surface area (Å²) in [7, 11) is 1.63. The van der Waals surface area contributed by atoms with Gasteiger partial charge in [-0.3, -0.25) is 14.7 Å². The van der Waals surface area contributed by atoms with Crippen LogP contribution in [-0.4, -0.2) is 55.2 Å². The van der Waals surface area contributed by atoms with Crippen molar-refractivity contribution >= 4 is 5.91 Å². The first-order valence-corrected chi connectivity index (χ1v) is 10.2. The Hall–Kier alpha value is -2.31. The van der Waals surface area contributed by atoms with Gasteiger partial charge < -0.3 is 10.1 Å². The van der Waals surface area contributed by atoms with Crippen LogP contribution in [0.4, 0.5) is 4.39 Å². The quantitative estimate of drug-likeness (QED) is 0.741. The zero-order valence-corrected chi connectivity index (χ0v) is 17.2. The number of nitrogens with one attached hydrogen (secondary N) is 1. The molecule has 5 nitrogen and oxygen atoms in total. The first-order chi connectivity index (χ1) is 14.0. The zero-order valence-electron chi connectivity index (χ0n) is 17.2. The molecule has 29 heavy (non-hydrogen) atoms. The van der Waals surface area contributed by atoms with Crippen LogP contribution in [0.3, 0.4) is 0 Å². The van der Waals surface area contributed by atoms with E-state index in [1.54, 1.807) is 19.2 Å². The third kappa shape index (κ3) is 6.61. The highest BCUT2D eigenvalue weighted by Crippen LogP contribution is 2.26. The van der Waals surface area contributed by atoms with E-state index in [-0.39, 0.29) is 17.8 Å². The van der Waals surface area contributed by atoms with Crippen molar-refractivity contribution in [3.05, 3.63) is 65.2 Å². The molecule has 0 aliphatic carbocycles. The number of aromatic nitrogens is 1. The summed E-state index contributed by atoms with van der Waals surface area (Å²) in [6.45, 7) is 4.68. The molecule has 0 saturated carbocycles. The number of piperidine rings is 1. The molecule has 0 bridgehead atoms. The Morgan fingerprint density at radius 3 is 2.72 bits per heavy atom. The van der Waals surface area contributed by atoms with E-state index in [9.17, 15) is 9.18 Å². The molecule has 1 aliphatic rings. The zero-order chi connectivity index (χ0) is 20.6. The lowest BCUT2D eigenvalue weighted by Gasteiger charge is -2.31. The summed E-state index contributed by atoms with van der Waals surface area (Å²) in [6.07, 6.45) is 4.58. The van der Waals surface area contributed by atoms with Crippen molar-refractivity contribution in [2.75, 3.05) is 33.4 Å². The third-order valence-electron chi connectivity index (χ3n) is 5.34. The van der Waals surface area contributed by atoms with Gasteiger partial charge in [0.1, 0.15) is 5.82 Å². The Morgan fingerprint density at radius 1 is 1.28 bits per heavy atom. The maximum absolute atomic E-state index is 13.3. The molecular weight excluding hydrogens is 369 g/mol. The molecule has 1 N–H and O–H groups in total. The van der Waals surface area contributed by atoms with Crippen LogP contribution in [0, 0.1) is 5.82 Å². The van der Waals surface area contributed by atoms with Gasteiger partial charge in [0.2, 0.25) is 5.91 Å². The van der Waals surface area contributed by atoms with Crippen LogP contribution in [0.1, 0.15) is 42.5 Å². The van der Waals surface area contributed by atoms with Crippen molar-refractivity contribution in [3.63, 3.8) is 0 Å². The van der Waals surface area contributed by atoms with E-state index in [0.29, 0.717) is 25.5 Å². The summed E-state index contributed by atoms with van der Waals surface area (Å²) in [5.41, 5.74) is 3.13. The van der Waals surface area contributed by atoms with Gasteiger partial charge >= 0.3 is 0 Å². The van der Waals surface area contributed by atoms with Crippen molar-refractivity contribution in [2.24, 2.45) is 0 Å². The lowest BCUT2D eigenvalue weighted by Crippen LogP contribution is -2.44. The minimum absolute atomic E-state index is 0.0279. The Morgan fingerprint density at radius 2 is 2.07 bits per heavy atom. The normalized spacial score (nSPS) is 16.5. The second kappa shape index (κ2) is 10.5. The summed E-state index contributed by atoms with van der Waals surface area (Å²) in [5, 5.41) is 2.96. The van der Waals surface area contributed by atoms with Crippen molar-refractivity contribution in [2.45, 2.75) is 38.1 Å². The van der Waals surface area contributed by atoms with Gasteiger partial charge in [-0.2, -0.15) is 0 Å². The van der Waals surface area contributed by atoms with Crippen LogP contribution >= 0.6 is 0 Å². The predicted molar refractivity (Wildman–Crippen MR) is 111 cm³/mol. The summed E-state index contributed by atoms with van der Waals surface area (Å²) in [5.74, 6) is 0.262. The fraction of sp³-hybridized carbons (Fsp3) is 0.478. The van der Waals surface area contributed by atoms with E-state index in [1.165, 1.54) is 6.07 Å². The number of benzene rings is 1. The highest BCUT2D eigenvalue weighted by molar-refractivity contribution is 5.78. The molecule has 1 aliphatic heterocycles. The molecule has 2 aromatic rings. The van der Waals surface area contributed by atoms with Gasteiger partial charge in [0.05, 0.1) is 13.2 Å². The molecule has 0 spiro atoms. The number of carbonyl (C=O) groups is 1. The number of amides is 1. The minimum Gasteiger partial charge on any atom is -0.383 e. The summed E-state index contributed by atoms with van der Waals surface area (Å²) in [6, 6.07) is 10.9. The van der Waals surface area contributed by atoms with E-state index >= 15 is 0 Å². The van der Waals surface area contributed by atoms with Crippen LogP contribution < -0.4 is 5.32 Å². The monoisotopic (exact) mass is 399 g/mol.